The molecule has 3 heteroatoms. The molecule has 116 valence electrons. The highest BCUT2D eigenvalue weighted by Gasteiger charge is 2.33. The van der Waals surface area contributed by atoms with E-state index in [-0.39, 0.29) is 5.60 Å². The summed E-state index contributed by atoms with van der Waals surface area (Å²) in [4.78, 5) is 0. The van der Waals surface area contributed by atoms with Gasteiger partial charge in [-0.15, -0.1) is 11.3 Å². The number of ether oxygens (including phenoxy) is 1. The van der Waals surface area contributed by atoms with Crippen LogP contribution in [0.3, 0.4) is 0 Å². The van der Waals surface area contributed by atoms with Crippen LogP contribution in [-0.2, 0) is 11.2 Å². The van der Waals surface area contributed by atoms with Crippen molar-refractivity contribution in [3.8, 4) is 0 Å². The fraction of sp³-hybridized carbons (Fsp3) is 0.556. The zero-order chi connectivity index (χ0) is 15.3. The molecule has 1 aromatic heterocycles. The molecule has 2 atom stereocenters. The number of thiophene rings is 1. The van der Waals surface area contributed by atoms with E-state index in [2.05, 4.69) is 62.7 Å². The Bertz CT molecular complexity index is 565. The van der Waals surface area contributed by atoms with Gasteiger partial charge in [-0.3, -0.25) is 0 Å². The molecular formula is C18H27NOS. The Hall–Kier alpha value is -0.900. The number of rotatable bonds is 8. The van der Waals surface area contributed by atoms with Gasteiger partial charge >= 0.3 is 0 Å². The fourth-order valence-corrected chi connectivity index (χ4v) is 3.92. The fourth-order valence-electron chi connectivity index (χ4n) is 2.94. The molecule has 2 rings (SSSR count). The normalized spacial score (nSPS) is 16.0. The molecule has 1 aromatic carbocycles. The van der Waals surface area contributed by atoms with Gasteiger partial charge in [0, 0.05) is 17.3 Å². The topological polar surface area (TPSA) is 21.3 Å². The van der Waals surface area contributed by atoms with Gasteiger partial charge in [0.25, 0.3) is 0 Å². The Morgan fingerprint density at radius 1 is 1.24 bits per heavy atom. The van der Waals surface area contributed by atoms with E-state index >= 15 is 0 Å². The van der Waals surface area contributed by atoms with E-state index in [4.69, 9.17) is 4.74 Å². The monoisotopic (exact) mass is 305 g/mol. The lowest BCUT2D eigenvalue weighted by atomic mass is 9.88. The highest BCUT2D eigenvalue weighted by molar-refractivity contribution is 7.17. The second kappa shape index (κ2) is 7.39. The maximum absolute atomic E-state index is 6.10. The van der Waals surface area contributed by atoms with Crippen molar-refractivity contribution in [1.29, 1.82) is 0 Å². The SMILES string of the molecule is CCNC(Cc1csc2ccccc12)C(C)(CC)OCC. The average Bonchev–Trinajstić information content (AvgIpc) is 2.90. The van der Waals surface area contributed by atoms with Crippen LogP contribution in [0.1, 0.15) is 39.7 Å². The van der Waals surface area contributed by atoms with Crippen molar-refractivity contribution in [3.05, 3.63) is 35.2 Å². The Balaban J connectivity index is 2.27. The third-order valence-electron chi connectivity index (χ3n) is 4.35. The molecule has 0 radical (unpaired) electrons. The Morgan fingerprint density at radius 3 is 2.67 bits per heavy atom. The van der Waals surface area contributed by atoms with Gasteiger partial charge < -0.3 is 10.1 Å². The number of nitrogens with one attached hydrogen (secondary N) is 1. The summed E-state index contributed by atoms with van der Waals surface area (Å²) in [5.41, 5.74) is 1.31. The highest BCUT2D eigenvalue weighted by Crippen LogP contribution is 2.30. The lowest BCUT2D eigenvalue weighted by Gasteiger charge is -2.37. The molecule has 2 unspecified atom stereocenters. The van der Waals surface area contributed by atoms with Crippen molar-refractivity contribution in [2.24, 2.45) is 0 Å². The molecular weight excluding hydrogens is 278 g/mol. The van der Waals surface area contributed by atoms with E-state index in [0.717, 1.165) is 26.0 Å². The van der Waals surface area contributed by atoms with E-state index in [1.807, 2.05) is 11.3 Å². The van der Waals surface area contributed by atoms with E-state index in [1.165, 1.54) is 15.6 Å². The molecule has 0 fully saturated rings. The Kier molecular flexibility index (Phi) is 5.80. The smallest absolute Gasteiger partial charge is 0.0807 e. The van der Waals surface area contributed by atoms with Crippen LogP contribution in [0.4, 0.5) is 0 Å². The minimum absolute atomic E-state index is 0.117. The second-order valence-electron chi connectivity index (χ2n) is 5.67. The molecule has 0 amide bonds. The summed E-state index contributed by atoms with van der Waals surface area (Å²) >= 11 is 1.84. The van der Waals surface area contributed by atoms with Gasteiger partial charge in [-0.25, -0.2) is 0 Å². The molecule has 0 saturated carbocycles. The molecule has 0 aliphatic carbocycles. The number of fused-ring (bicyclic) bond motifs is 1. The van der Waals surface area contributed by atoms with Crippen LogP contribution in [0.25, 0.3) is 10.1 Å². The first-order chi connectivity index (χ1) is 10.1. The molecule has 2 aromatic rings. The second-order valence-corrected chi connectivity index (χ2v) is 6.58. The van der Waals surface area contributed by atoms with Crippen molar-refractivity contribution in [1.82, 2.24) is 5.32 Å². The molecule has 0 bridgehead atoms. The van der Waals surface area contributed by atoms with Crippen molar-refractivity contribution < 1.29 is 4.74 Å². The van der Waals surface area contributed by atoms with E-state index in [9.17, 15) is 0 Å². The van der Waals surface area contributed by atoms with Crippen molar-refractivity contribution in [2.45, 2.75) is 52.2 Å². The van der Waals surface area contributed by atoms with Gasteiger partial charge in [-0.2, -0.15) is 0 Å². The summed E-state index contributed by atoms with van der Waals surface area (Å²) < 4.78 is 7.47. The van der Waals surface area contributed by atoms with Crippen molar-refractivity contribution in [2.75, 3.05) is 13.2 Å². The van der Waals surface area contributed by atoms with Gasteiger partial charge in [0.05, 0.1) is 5.60 Å². The van der Waals surface area contributed by atoms with Crippen molar-refractivity contribution >= 4 is 21.4 Å². The standard InChI is InChI=1S/C18H27NOS/c1-5-18(4,20-7-3)17(19-6-2)12-14-13-21-16-11-9-8-10-15(14)16/h8-11,13,17,19H,5-7,12H2,1-4H3. The van der Waals surface area contributed by atoms with E-state index in [1.54, 1.807) is 0 Å². The number of hydrogen-bond acceptors (Lipinski definition) is 3. The summed E-state index contributed by atoms with van der Waals surface area (Å²) in [6.07, 6.45) is 2.03. The molecule has 0 aliphatic heterocycles. The molecule has 2 nitrogen and oxygen atoms in total. The molecule has 1 heterocycles. The lowest BCUT2D eigenvalue weighted by Crippen LogP contribution is -2.51. The van der Waals surface area contributed by atoms with Gasteiger partial charge in [-0.05, 0) is 55.6 Å². The summed E-state index contributed by atoms with van der Waals surface area (Å²) in [7, 11) is 0. The molecule has 0 spiro atoms. The van der Waals surface area contributed by atoms with E-state index in [0.29, 0.717) is 6.04 Å². The van der Waals surface area contributed by atoms with Crippen LogP contribution in [0.2, 0.25) is 0 Å². The van der Waals surface area contributed by atoms with E-state index < -0.39 is 0 Å². The van der Waals surface area contributed by atoms with Crippen LogP contribution in [0, 0.1) is 0 Å². The Labute approximate surface area is 132 Å². The van der Waals surface area contributed by atoms with Gasteiger partial charge in [0.2, 0.25) is 0 Å². The molecule has 0 saturated heterocycles. The first-order valence-electron chi connectivity index (χ1n) is 7.97. The molecule has 21 heavy (non-hydrogen) atoms. The zero-order valence-electron chi connectivity index (χ0n) is 13.6. The first kappa shape index (κ1) is 16.5. The summed E-state index contributed by atoms with van der Waals surface area (Å²) in [5.74, 6) is 0. The zero-order valence-corrected chi connectivity index (χ0v) is 14.4. The predicted octanol–water partition coefficient (Wildman–Crippen LogP) is 4.63. The minimum Gasteiger partial charge on any atom is -0.374 e. The number of benzene rings is 1. The third kappa shape index (κ3) is 3.65. The lowest BCUT2D eigenvalue weighted by molar-refractivity contribution is -0.0546. The van der Waals surface area contributed by atoms with Crippen LogP contribution >= 0.6 is 11.3 Å². The van der Waals surface area contributed by atoms with Crippen LogP contribution < -0.4 is 5.32 Å². The maximum atomic E-state index is 6.10. The predicted molar refractivity (Wildman–Crippen MR) is 93.3 cm³/mol. The number of likely N-dealkylation sites (N-methyl/N-ethyl adjacent to an activating group) is 1. The quantitative estimate of drug-likeness (QED) is 0.768. The first-order valence-corrected chi connectivity index (χ1v) is 8.85. The van der Waals surface area contributed by atoms with Gasteiger partial charge in [0.1, 0.15) is 0 Å². The van der Waals surface area contributed by atoms with Crippen LogP contribution in [0.5, 0.6) is 0 Å². The van der Waals surface area contributed by atoms with Gasteiger partial charge in [-0.1, -0.05) is 32.0 Å². The largest absolute Gasteiger partial charge is 0.374 e. The van der Waals surface area contributed by atoms with Crippen molar-refractivity contribution in [3.63, 3.8) is 0 Å². The summed E-state index contributed by atoms with van der Waals surface area (Å²) in [6, 6.07) is 9.01. The van der Waals surface area contributed by atoms with Crippen LogP contribution in [0.15, 0.2) is 29.6 Å². The summed E-state index contributed by atoms with van der Waals surface area (Å²) in [6.45, 7) is 10.4. The summed E-state index contributed by atoms with van der Waals surface area (Å²) in [5, 5.41) is 7.33. The molecule has 0 aliphatic rings. The minimum atomic E-state index is -0.117. The highest BCUT2D eigenvalue weighted by atomic mass is 32.1. The number of hydrogen-bond donors (Lipinski definition) is 1. The average molecular weight is 305 g/mol. The Morgan fingerprint density at radius 2 is 2.00 bits per heavy atom. The van der Waals surface area contributed by atoms with Gasteiger partial charge in [0.15, 0.2) is 0 Å². The molecule has 1 N–H and O–H groups in total. The third-order valence-corrected chi connectivity index (χ3v) is 5.36. The van der Waals surface area contributed by atoms with Crippen LogP contribution in [-0.4, -0.2) is 24.8 Å². The maximum Gasteiger partial charge on any atom is 0.0807 e.